The summed E-state index contributed by atoms with van der Waals surface area (Å²) in [5, 5.41) is 21.8. The van der Waals surface area contributed by atoms with Crippen molar-refractivity contribution in [3.05, 3.63) is 41.7 Å². The van der Waals surface area contributed by atoms with Crippen molar-refractivity contribution in [2.75, 3.05) is 37.3 Å². The van der Waals surface area contributed by atoms with Crippen LogP contribution in [0.5, 0.6) is 0 Å². The minimum Gasteiger partial charge on any atom is -0.395 e. The quantitative estimate of drug-likeness (QED) is 0.473. The molecule has 10 heteroatoms. The largest absolute Gasteiger partial charge is 0.395 e. The van der Waals surface area contributed by atoms with Crippen molar-refractivity contribution in [2.24, 2.45) is 0 Å². The molecule has 0 bridgehead atoms. The standard InChI is InChI=1S/C20H23FN8O.C2H6.C2H2/c21-13-3-4-16-17(8-13)29(14-2-1-5-28(11-14)6-7-30)18(27-16)10-24-20-15(9-22)19(23)25-12-26-20;2*1-2/h3-4,8,12,14,30H,1-2,5-7,10-11H2,(H3,23,24,25,26);1-2H3;1-2H/t14-;;/m0../s1. The second kappa shape index (κ2) is 13.1. The fourth-order valence-corrected chi connectivity index (χ4v) is 4.04. The van der Waals surface area contributed by atoms with Crippen LogP contribution in [0.4, 0.5) is 16.0 Å². The number of hydrogen-bond acceptors (Lipinski definition) is 8. The zero-order valence-corrected chi connectivity index (χ0v) is 19.6. The molecule has 1 atom stereocenters. The predicted molar refractivity (Wildman–Crippen MR) is 131 cm³/mol. The Labute approximate surface area is 199 Å². The number of aromatic nitrogens is 4. The van der Waals surface area contributed by atoms with E-state index in [2.05, 4.69) is 37.6 Å². The summed E-state index contributed by atoms with van der Waals surface area (Å²) in [6.07, 6.45) is 11.2. The Hall–Kier alpha value is -3.73. The summed E-state index contributed by atoms with van der Waals surface area (Å²) in [6.45, 7) is 6.68. The number of β-amino-alcohol motifs (C(OH)–C–C–N with tert-alkyl or cyclic N) is 1. The van der Waals surface area contributed by atoms with Gasteiger partial charge in [0.2, 0.25) is 0 Å². The van der Waals surface area contributed by atoms with Gasteiger partial charge in [0.15, 0.2) is 0 Å². The van der Waals surface area contributed by atoms with E-state index in [1.807, 2.05) is 19.9 Å². The van der Waals surface area contributed by atoms with E-state index in [1.165, 1.54) is 18.5 Å². The Morgan fingerprint density at radius 1 is 1.32 bits per heavy atom. The van der Waals surface area contributed by atoms with Gasteiger partial charge in [-0.2, -0.15) is 5.26 Å². The van der Waals surface area contributed by atoms with E-state index in [0.717, 1.165) is 31.4 Å². The van der Waals surface area contributed by atoms with E-state index in [9.17, 15) is 14.8 Å². The number of aliphatic hydroxyl groups excluding tert-OH is 1. The Kier molecular flexibility index (Phi) is 10.2. The third-order valence-corrected chi connectivity index (χ3v) is 5.39. The molecular formula is C24H31FN8O. The van der Waals surface area contributed by atoms with Crippen molar-refractivity contribution < 1.29 is 9.50 Å². The number of nitriles is 1. The molecule has 1 aromatic carbocycles. The molecule has 34 heavy (non-hydrogen) atoms. The summed E-state index contributed by atoms with van der Waals surface area (Å²) in [4.78, 5) is 14.9. The van der Waals surface area contributed by atoms with Crippen molar-refractivity contribution in [2.45, 2.75) is 39.3 Å². The number of nitrogen functional groups attached to an aromatic ring is 1. The topological polar surface area (TPSA) is 129 Å². The molecule has 0 unspecified atom stereocenters. The minimum absolute atomic E-state index is 0.0970. The van der Waals surface area contributed by atoms with Gasteiger partial charge in [0.25, 0.3) is 0 Å². The van der Waals surface area contributed by atoms with Gasteiger partial charge in [-0.25, -0.2) is 19.3 Å². The number of rotatable bonds is 6. The second-order valence-electron chi connectivity index (χ2n) is 7.30. The number of nitrogens with two attached hydrogens (primary N) is 1. The third kappa shape index (κ3) is 5.98. The number of halogens is 1. The number of piperidine rings is 1. The predicted octanol–water partition coefficient (Wildman–Crippen LogP) is 2.94. The minimum atomic E-state index is -0.318. The van der Waals surface area contributed by atoms with E-state index in [-0.39, 0.29) is 36.4 Å². The fourth-order valence-electron chi connectivity index (χ4n) is 4.04. The number of imidazole rings is 1. The number of terminal acetylenes is 1. The van der Waals surface area contributed by atoms with Crippen molar-refractivity contribution >= 4 is 22.7 Å². The molecule has 0 spiro atoms. The van der Waals surface area contributed by atoms with Crippen LogP contribution in [-0.4, -0.2) is 55.8 Å². The number of nitrogens with zero attached hydrogens (tertiary/aromatic N) is 6. The van der Waals surface area contributed by atoms with Gasteiger partial charge < -0.3 is 20.7 Å². The van der Waals surface area contributed by atoms with Crippen LogP contribution in [0.15, 0.2) is 24.5 Å². The number of fused-ring (bicyclic) bond motifs is 1. The van der Waals surface area contributed by atoms with Crippen molar-refractivity contribution in [3.8, 4) is 18.9 Å². The Balaban J connectivity index is 0.000000970. The zero-order valence-electron chi connectivity index (χ0n) is 19.6. The van der Waals surface area contributed by atoms with Gasteiger partial charge >= 0.3 is 0 Å². The zero-order chi connectivity index (χ0) is 25.1. The Morgan fingerprint density at radius 2 is 2.09 bits per heavy atom. The lowest BCUT2D eigenvalue weighted by Crippen LogP contribution is -2.38. The molecule has 0 radical (unpaired) electrons. The molecule has 1 aliphatic rings. The average Bonchev–Trinajstić information content (AvgIpc) is 3.23. The summed E-state index contributed by atoms with van der Waals surface area (Å²) < 4.78 is 16.1. The highest BCUT2D eigenvalue weighted by molar-refractivity contribution is 5.76. The molecular weight excluding hydrogens is 435 g/mol. The first-order valence-corrected chi connectivity index (χ1v) is 11.2. The monoisotopic (exact) mass is 466 g/mol. The van der Waals surface area contributed by atoms with Crippen molar-refractivity contribution in [1.82, 2.24) is 24.4 Å². The molecule has 2 aromatic heterocycles. The number of aliphatic hydroxyl groups is 1. The summed E-state index contributed by atoms with van der Waals surface area (Å²) in [7, 11) is 0. The first-order chi connectivity index (χ1) is 16.6. The highest BCUT2D eigenvalue weighted by Gasteiger charge is 2.25. The van der Waals surface area contributed by atoms with Crippen LogP contribution < -0.4 is 11.1 Å². The van der Waals surface area contributed by atoms with Gasteiger partial charge in [0.1, 0.15) is 41.2 Å². The molecule has 0 amide bonds. The normalized spacial score (nSPS) is 15.4. The van der Waals surface area contributed by atoms with Crippen LogP contribution in [-0.2, 0) is 6.54 Å². The Morgan fingerprint density at radius 3 is 2.79 bits per heavy atom. The van der Waals surface area contributed by atoms with Gasteiger partial charge in [-0.3, -0.25) is 4.90 Å². The highest BCUT2D eigenvalue weighted by atomic mass is 19.1. The van der Waals surface area contributed by atoms with Gasteiger partial charge in [-0.05, 0) is 37.6 Å². The molecule has 1 aliphatic heterocycles. The van der Waals surface area contributed by atoms with Crippen LogP contribution in [0.2, 0.25) is 0 Å². The maximum atomic E-state index is 14.0. The lowest BCUT2D eigenvalue weighted by atomic mass is 10.0. The highest BCUT2D eigenvalue weighted by Crippen LogP contribution is 2.29. The van der Waals surface area contributed by atoms with E-state index in [1.54, 1.807) is 6.07 Å². The first kappa shape index (κ1) is 26.5. The molecule has 1 saturated heterocycles. The van der Waals surface area contributed by atoms with Crippen LogP contribution in [0, 0.1) is 30.0 Å². The van der Waals surface area contributed by atoms with Gasteiger partial charge in [-0.1, -0.05) is 13.8 Å². The summed E-state index contributed by atoms with van der Waals surface area (Å²) in [5.41, 5.74) is 7.38. The number of likely N-dealkylation sites (tertiary alicyclic amines) is 1. The van der Waals surface area contributed by atoms with Crippen LogP contribution in [0.3, 0.4) is 0 Å². The molecule has 180 valence electrons. The molecule has 0 aliphatic carbocycles. The average molecular weight is 467 g/mol. The van der Waals surface area contributed by atoms with E-state index in [0.29, 0.717) is 23.7 Å². The van der Waals surface area contributed by atoms with E-state index >= 15 is 0 Å². The van der Waals surface area contributed by atoms with Crippen molar-refractivity contribution in [1.29, 1.82) is 5.26 Å². The van der Waals surface area contributed by atoms with Crippen molar-refractivity contribution in [3.63, 3.8) is 0 Å². The number of hydrogen-bond donors (Lipinski definition) is 3. The fraction of sp³-hybridized carbons (Fsp3) is 0.417. The van der Waals surface area contributed by atoms with Gasteiger partial charge in [-0.15, -0.1) is 12.8 Å². The number of anilines is 2. The molecule has 0 saturated carbocycles. The molecule has 1 fully saturated rings. The molecule has 3 aromatic rings. The van der Waals surface area contributed by atoms with E-state index in [4.69, 9.17) is 10.7 Å². The second-order valence-corrected chi connectivity index (χ2v) is 7.30. The van der Waals surface area contributed by atoms with Crippen LogP contribution in [0.1, 0.15) is 44.1 Å². The maximum absolute atomic E-state index is 14.0. The van der Waals surface area contributed by atoms with Crippen LogP contribution in [0.25, 0.3) is 11.0 Å². The van der Waals surface area contributed by atoms with Gasteiger partial charge in [0.05, 0.1) is 24.2 Å². The SMILES string of the molecule is C#C.CC.N#Cc1c(N)ncnc1NCc1nc2ccc(F)cc2n1[C@H]1CCCN(CCO)C1. The summed E-state index contributed by atoms with van der Waals surface area (Å²) in [5.74, 6) is 0.840. The number of benzene rings is 1. The summed E-state index contributed by atoms with van der Waals surface area (Å²) in [6, 6.07) is 6.68. The lowest BCUT2D eigenvalue weighted by molar-refractivity contribution is 0.143. The maximum Gasteiger partial charge on any atom is 0.149 e. The smallest absolute Gasteiger partial charge is 0.149 e. The van der Waals surface area contributed by atoms with E-state index < -0.39 is 0 Å². The third-order valence-electron chi connectivity index (χ3n) is 5.39. The van der Waals surface area contributed by atoms with Crippen LogP contribution >= 0.6 is 0 Å². The lowest BCUT2D eigenvalue weighted by Gasteiger charge is -2.34. The molecule has 4 rings (SSSR count). The number of nitrogens with one attached hydrogen (secondary N) is 1. The summed E-state index contributed by atoms with van der Waals surface area (Å²) >= 11 is 0. The van der Waals surface area contributed by atoms with Gasteiger partial charge in [0, 0.05) is 19.1 Å². The molecule has 3 heterocycles. The first-order valence-electron chi connectivity index (χ1n) is 11.2. The molecule has 9 nitrogen and oxygen atoms in total. The molecule has 4 N–H and O–H groups in total. The Bertz CT molecular complexity index is 1140.